The number of nitro groups is 1. The van der Waals surface area contributed by atoms with Gasteiger partial charge in [0.1, 0.15) is 5.69 Å². The molecule has 24 heavy (non-hydrogen) atoms. The largest absolute Gasteiger partial charge is 0.493 e. The van der Waals surface area contributed by atoms with Crippen molar-refractivity contribution in [3.05, 3.63) is 52.1 Å². The number of ether oxygens (including phenoxy) is 2. The Morgan fingerprint density at radius 1 is 1.25 bits per heavy atom. The fourth-order valence-electron chi connectivity index (χ4n) is 2.07. The molecule has 0 unspecified atom stereocenters. The zero-order chi connectivity index (χ0) is 17.7. The van der Waals surface area contributed by atoms with Crippen LogP contribution in [-0.2, 0) is 6.54 Å². The van der Waals surface area contributed by atoms with Gasteiger partial charge in [-0.05, 0) is 29.8 Å². The van der Waals surface area contributed by atoms with Crippen LogP contribution in [0.2, 0.25) is 0 Å². The van der Waals surface area contributed by atoms with Crippen molar-refractivity contribution in [1.29, 1.82) is 0 Å². The zero-order valence-corrected chi connectivity index (χ0v) is 12.7. The molecule has 3 N–H and O–H groups in total. The number of hydrogen-bond donors (Lipinski definition) is 2. The molecule has 0 bridgehead atoms. The van der Waals surface area contributed by atoms with E-state index in [1.165, 1.54) is 37.4 Å². The average molecular weight is 339 g/mol. The molecule has 0 saturated carbocycles. The van der Waals surface area contributed by atoms with Gasteiger partial charge in [-0.25, -0.2) is 0 Å². The maximum Gasteiger partial charge on any atom is 0.387 e. The van der Waals surface area contributed by atoms with Gasteiger partial charge in [-0.3, -0.25) is 10.1 Å². The number of methoxy groups -OCH3 is 1. The number of anilines is 2. The van der Waals surface area contributed by atoms with Gasteiger partial charge in [0.05, 0.1) is 12.0 Å². The highest BCUT2D eigenvalue weighted by Gasteiger charge is 2.15. The topological polar surface area (TPSA) is 99.7 Å². The van der Waals surface area contributed by atoms with Crippen molar-refractivity contribution in [3.8, 4) is 11.5 Å². The summed E-state index contributed by atoms with van der Waals surface area (Å²) in [5.74, 6) is 0.0443. The van der Waals surface area contributed by atoms with E-state index in [-0.39, 0.29) is 29.4 Å². The summed E-state index contributed by atoms with van der Waals surface area (Å²) >= 11 is 0. The molecule has 0 amide bonds. The summed E-state index contributed by atoms with van der Waals surface area (Å²) < 4.78 is 34.2. The third kappa shape index (κ3) is 4.22. The standard InChI is InChI=1S/C15H15F2N3O4/c1-23-13-5-2-9(6-14(13)24-15(16)17)8-19-11-7-10(18)3-4-12(11)20(21)22/h2-7,15,19H,8,18H2,1H3. The molecule has 128 valence electrons. The Hall–Kier alpha value is -3.10. The number of halogens is 2. The lowest BCUT2D eigenvalue weighted by Gasteiger charge is -2.12. The molecule has 7 nitrogen and oxygen atoms in total. The highest BCUT2D eigenvalue weighted by molar-refractivity contribution is 5.67. The van der Waals surface area contributed by atoms with Crippen molar-refractivity contribution in [3.63, 3.8) is 0 Å². The molecular weight excluding hydrogens is 324 g/mol. The third-order valence-corrected chi connectivity index (χ3v) is 3.14. The van der Waals surface area contributed by atoms with Crippen LogP contribution in [0.1, 0.15) is 5.56 Å². The summed E-state index contributed by atoms with van der Waals surface area (Å²) in [6.07, 6.45) is 0. The Bertz CT molecular complexity index is 741. The molecule has 2 rings (SSSR count). The predicted molar refractivity (Wildman–Crippen MR) is 84.5 cm³/mol. The van der Waals surface area contributed by atoms with Gasteiger partial charge in [0.15, 0.2) is 11.5 Å². The first kappa shape index (κ1) is 17.3. The number of rotatable bonds is 7. The van der Waals surface area contributed by atoms with Crippen LogP contribution in [0.3, 0.4) is 0 Å². The summed E-state index contributed by atoms with van der Waals surface area (Å²) in [6.45, 7) is -2.84. The molecule has 9 heteroatoms. The Kier molecular flexibility index (Phi) is 5.35. The molecular formula is C15H15F2N3O4. The van der Waals surface area contributed by atoms with Gasteiger partial charge in [-0.2, -0.15) is 8.78 Å². The summed E-state index contributed by atoms with van der Waals surface area (Å²) in [5, 5.41) is 13.9. The fourth-order valence-corrected chi connectivity index (χ4v) is 2.07. The van der Waals surface area contributed by atoms with Crippen LogP contribution in [0.5, 0.6) is 11.5 Å². The number of nitro benzene ring substituents is 1. The third-order valence-electron chi connectivity index (χ3n) is 3.14. The number of benzene rings is 2. The molecule has 0 saturated heterocycles. The minimum absolute atomic E-state index is 0.117. The highest BCUT2D eigenvalue weighted by atomic mass is 19.3. The summed E-state index contributed by atoms with van der Waals surface area (Å²) in [7, 11) is 1.34. The van der Waals surface area contributed by atoms with Crippen LogP contribution in [0.15, 0.2) is 36.4 Å². The van der Waals surface area contributed by atoms with Gasteiger partial charge < -0.3 is 20.5 Å². The minimum Gasteiger partial charge on any atom is -0.493 e. The normalized spacial score (nSPS) is 10.5. The second-order valence-electron chi connectivity index (χ2n) is 4.75. The maximum atomic E-state index is 12.4. The molecule has 0 aliphatic carbocycles. The van der Waals surface area contributed by atoms with E-state index in [4.69, 9.17) is 10.5 Å². The van der Waals surface area contributed by atoms with Crippen LogP contribution < -0.4 is 20.5 Å². The Morgan fingerprint density at radius 2 is 2.00 bits per heavy atom. The van der Waals surface area contributed by atoms with Crippen LogP contribution in [-0.4, -0.2) is 18.6 Å². The molecule has 0 atom stereocenters. The summed E-state index contributed by atoms with van der Waals surface area (Å²) in [4.78, 5) is 10.5. The lowest BCUT2D eigenvalue weighted by molar-refractivity contribution is -0.383. The van der Waals surface area contributed by atoms with Crippen molar-refractivity contribution in [2.75, 3.05) is 18.2 Å². The van der Waals surface area contributed by atoms with Gasteiger partial charge in [0.2, 0.25) is 0 Å². The second kappa shape index (κ2) is 7.44. The average Bonchev–Trinajstić information content (AvgIpc) is 2.52. The number of nitrogens with two attached hydrogens (primary N) is 1. The van der Waals surface area contributed by atoms with E-state index in [1.807, 2.05) is 0 Å². The molecule has 0 spiro atoms. The zero-order valence-electron chi connectivity index (χ0n) is 12.7. The molecule has 0 fully saturated rings. The molecule has 0 heterocycles. The van der Waals surface area contributed by atoms with Crippen molar-refractivity contribution in [1.82, 2.24) is 0 Å². The number of alkyl halides is 2. The molecule has 0 aromatic heterocycles. The first-order valence-electron chi connectivity index (χ1n) is 6.80. The number of nitrogen functional groups attached to an aromatic ring is 1. The predicted octanol–water partition coefficient (Wildman–Crippen LogP) is 3.40. The first-order chi connectivity index (χ1) is 11.4. The number of nitrogens with one attached hydrogen (secondary N) is 1. The fraction of sp³-hybridized carbons (Fsp3) is 0.200. The lowest BCUT2D eigenvalue weighted by Crippen LogP contribution is -2.06. The van der Waals surface area contributed by atoms with Gasteiger partial charge >= 0.3 is 6.61 Å². The number of hydrogen-bond acceptors (Lipinski definition) is 6. The van der Waals surface area contributed by atoms with Crippen molar-refractivity contribution in [2.45, 2.75) is 13.2 Å². The minimum atomic E-state index is -2.99. The van der Waals surface area contributed by atoms with E-state index >= 15 is 0 Å². The van der Waals surface area contributed by atoms with Crippen LogP contribution in [0.25, 0.3) is 0 Å². The van der Waals surface area contributed by atoms with Crippen LogP contribution in [0, 0.1) is 10.1 Å². The van der Waals surface area contributed by atoms with Gasteiger partial charge in [0, 0.05) is 18.3 Å². The van der Waals surface area contributed by atoms with E-state index in [9.17, 15) is 18.9 Å². The highest BCUT2D eigenvalue weighted by Crippen LogP contribution is 2.31. The van der Waals surface area contributed by atoms with Gasteiger partial charge in [-0.15, -0.1) is 0 Å². The SMILES string of the molecule is COc1ccc(CNc2cc(N)ccc2[N+](=O)[O-])cc1OC(F)F. The number of nitrogens with zero attached hydrogens (tertiary/aromatic N) is 1. The molecule has 2 aromatic rings. The molecule has 0 aliphatic rings. The monoisotopic (exact) mass is 339 g/mol. The Morgan fingerprint density at radius 3 is 2.62 bits per heavy atom. The van der Waals surface area contributed by atoms with Crippen molar-refractivity contribution in [2.24, 2.45) is 0 Å². The quantitative estimate of drug-likeness (QED) is 0.456. The Balaban J connectivity index is 2.20. The van der Waals surface area contributed by atoms with E-state index in [1.54, 1.807) is 6.07 Å². The summed E-state index contributed by atoms with van der Waals surface area (Å²) in [5.41, 5.74) is 6.66. The van der Waals surface area contributed by atoms with Crippen LogP contribution in [0.4, 0.5) is 25.8 Å². The van der Waals surface area contributed by atoms with Crippen molar-refractivity contribution >= 4 is 17.1 Å². The van der Waals surface area contributed by atoms with E-state index in [0.717, 1.165) is 0 Å². The summed E-state index contributed by atoms with van der Waals surface area (Å²) in [6, 6.07) is 8.61. The van der Waals surface area contributed by atoms with Crippen molar-refractivity contribution < 1.29 is 23.2 Å². The molecule has 0 aliphatic heterocycles. The van der Waals surface area contributed by atoms with Crippen LogP contribution >= 0.6 is 0 Å². The van der Waals surface area contributed by atoms with E-state index in [0.29, 0.717) is 11.3 Å². The van der Waals surface area contributed by atoms with Gasteiger partial charge in [0.25, 0.3) is 5.69 Å². The first-order valence-corrected chi connectivity index (χ1v) is 6.80. The Labute approximate surface area is 136 Å². The maximum absolute atomic E-state index is 12.4. The molecule has 0 radical (unpaired) electrons. The lowest BCUT2D eigenvalue weighted by atomic mass is 10.2. The second-order valence-corrected chi connectivity index (χ2v) is 4.75. The van der Waals surface area contributed by atoms with E-state index < -0.39 is 11.5 Å². The van der Waals surface area contributed by atoms with E-state index in [2.05, 4.69) is 10.1 Å². The smallest absolute Gasteiger partial charge is 0.387 e. The van der Waals surface area contributed by atoms with Gasteiger partial charge in [-0.1, -0.05) is 6.07 Å². The molecule has 2 aromatic carbocycles.